The summed E-state index contributed by atoms with van der Waals surface area (Å²) < 4.78 is 5.90. The molecule has 0 bridgehead atoms. The van der Waals surface area contributed by atoms with Gasteiger partial charge in [-0.2, -0.15) is 0 Å². The number of carbonyl (C=O) groups excluding carboxylic acids is 1. The molecule has 33 heavy (non-hydrogen) atoms. The van der Waals surface area contributed by atoms with Crippen LogP contribution in [0.2, 0.25) is 0 Å². The van der Waals surface area contributed by atoms with E-state index in [9.17, 15) is 24.6 Å². The summed E-state index contributed by atoms with van der Waals surface area (Å²) in [5.74, 6) is -3.73. The lowest BCUT2D eigenvalue weighted by Gasteiger charge is -2.24. The molecule has 0 aromatic heterocycles. The van der Waals surface area contributed by atoms with Crippen LogP contribution in [0.1, 0.15) is 15.9 Å². The minimum Gasteiger partial charge on any atom is -0.489 e. The van der Waals surface area contributed by atoms with Crippen LogP contribution in [0.5, 0.6) is 5.75 Å². The number of benzene rings is 4. The number of nitrogens with zero attached hydrogens (tertiary/aromatic N) is 1. The Balaban J connectivity index is 1.83. The Labute approximate surface area is 189 Å². The van der Waals surface area contributed by atoms with Crippen LogP contribution in [0.4, 0.5) is 11.4 Å². The number of hydrogen-bond acceptors (Lipinski definition) is 4. The van der Waals surface area contributed by atoms with Gasteiger partial charge in [0, 0.05) is 5.39 Å². The van der Waals surface area contributed by atoms with Gasteiger partial charge >= 0.3 is 17.8 Å². The lowest BCUT2D eigenvalue weighted by atomic mass is 10.1. The highest BCUT2D eigenvalue weighted by atomic mass is 16.5. The molecule has 0 unspecified atom stereocenters. The summed E-state index contributed by atoms with van der Waals surface area (Å²) in [7, 11) is 0. The maximum Gasteiger partial charge on any atom is 0.395 e. The van der Waals surface area contributed by atoms with Crippen molar-refractivity contribution in [2.24, 2.45) is 0 Å². The number of hydrogen-bond donors (Lipinski definition) is 2. The number of para-hydroxylation sites is 1. The molecule has 0 aliphatic carbocycles. The number of carboxylic acids is 2. The van der Waals surface area contributed by atoms with Gasteiger partial charge in [0.15, 0.2) is 0 Å². The number of aromatic carboxylic acids is 1. The number of amides is 1. The Bertz CT molecular complexity index is 1350. The van der Waals surface area contributed by atoms with E-state index in [-0.39, 0.29) is 16.9 Å². The number of ether oxygens (including phenoxy) is 1. The SMILES string of the molecule is O=C(O)C(=O)N(c1ccccc1C(=O)O)c1cccc2ccc(OCc3ccccc3)cc12. The van der Waals surface area contributed by atoms with Crippen molar-refractivity contribution >= 4 is 40.0 Å². The van der Waals surface area contributed by atoms with Crippen LogP contribution in [-0.2, 0) is 16.2 Å². The molecule has 0 heterocycles. The summed E-state index contributed by atoms with van der Waals surface area (Å²) in [4.78, 5) is 37.1. The Morgan fingerprint density at radius 3 is 2.18 bits per heavy atom. The number of rotatable bonds is 6. The molecule has 2 N–H and O–H groups in total. The smallest absolute Gasteiger partial charge is 0.395 e. The lowest BCUT2D eigenvalue weighted by molar-refractivity contribution is -0.148. The van der Waals surface area contributed by atoms with Crippen LogP contribution in [0.3, 0.4) is 0 Å². The average Bonchev–Trinajstić information content (AvgIpc) is 2.83. The fraction of sp³-hybridized carbons (Fsp3) is 0.0385. The van der Waals surface area contributed by atoms with Gasteiger partial charge in [-0.3, -0.25) is 9.69 Å². The second-order valence-corrected chi connectivity index (χ2v) is 7.20. The molecule has 0 aliphatic rings. The van der Waals surface area contributed by atoms with Crippen LogP contribution in [0.15, 0.2) is 91.0 Å². The highest BCUT2D eigenvalue weighted by molar-refractivity contribution is 6.40. The van der Waals surface area contributed by atoms with Crippen LogP contribution < -0.4 is 9.64 Å². The molecule has 4 rings (SSSR count). The minimum absolute atomic E-state index is 0.0412. The van der Waals surface area contributed by atoms with E-state index in [0.29, 0.717) is 17.7 Å². The second-order valence-electron chi connectivity index (χ2n) is 7.20. The van der Waals surface area contributed by atoms with E-state index in [2.05, 4.69) is 0 Å². The average molecular weight is 441 g/mol. The number of aliphatic carboxylic acids is 1. The van der Waals surface area contributed by atoms with Gasteiger partial charge in [-0.15, -0.1) is 0 Å². The van der Waals surface area contributed by atoms with Gasteiger partial charge in [0.1, 0.15) is 12.4 Å². The highest BCUT2D eigenvalue weighted by Gasteiger charge is 2.29. The first-order chi connectivity index (χ1) is 16.0. The number of fused-ring (bicyclic) bond motifs is 1. The summed E-state index contributed by atoms with van der Waals surface area (Å²) >= 11 is 0. The molecule has 0 aliphatic heterocycles. The van der Waals surface area contributed by atoms with E-state index in [0.717, 1.165) is 15.8 Å². The topological polar surface area (TPSA) is 104 Å². The van der Waals surface area contributed by atoms with Crippen LogP contribution in [-0.4, -0.2) is 28.1 Å². The van der Waals surface area contributed by atoms with Crippen LogP contribution in [0.25, 0.3) is 10.8 Å². The Morgan fingerprint density at radius 2 is 1.45 bits per heavy atom. The van der Waals surface area contributed by atoms with Crippen LogP contribution >= 0.6 is 0 Å². The summed E-state index contributed by atoms with van der Waals surface area (Å²) in [6.45, 7) is 0.328. The maximum absolute atomic E-state index is 12.8. The minimum atomic E-state index is -1.70. The van der Waals surface area contributed by atoms with E-state index >= 15 is 0 Å². The van der Waals surface area contributed by atoms with E-state index in [1.54, 1.807) is 36.4 Å². The van der Waals surface area contributed by atoms with Crippen molar-refractivity contribution in [3.8, 4) is 5.75 Å². The predicted octanol–water partition coefficient (Wildman–Crippen LogP) is 4.87. The largest absolute Gasteiger partial charge is 0.489 e. The van der Waals surface area contributed by atoms with Gasteiger partial charge in [-0.25, -0.2) is 9.59 Å². The molecule has 0 fully saturated rings. The zero-order valence-electron chi connectivity index (χ0n) is 17.3. The standard InChI is InChI=1S/C26H19NO6/c28-24(26(31)32)27(22-11-5-4-10-20(22)25(29)30)23-12-6-9-18-13-14-19(15-21(18)23)33-16-17-7-2-1-3-8-17/h1-15H,16H2,(H,29,30)(H,31,32). The van der Waals surface area contributed by atoms with Crippen LogP contribution in [0, 0.1) is 0 Å². The van der Waals surface area contributed by atoms with E-state index in [1.165, 1.54) is 18.2 Å². The van der Waals surface area contributed by atoms with Crippen molar-refractivity contribution in [1.82, 2.24) is 0 Å². The van der Waals surface area contributed by atoms with Gasteiger partial charge in [0.2, 0.25) is 0 Å². The first kappa shape index (κ1) is 21.6. The van der Waals surface area contributed by atoms with Crippen molar-refractivity contribution in [2.75, 3.05) is 4.90 Å². The molecule has 7 heteroatoms. The molecule has 4 aromatic rings. The third-order valence-corrected chi connectivity index (χ3v) is 5.08. The highest BCUT2D eigenvalue weighted by Crippen LogP contribution is 2.36. The Morgan fingerprint density at radius 1 is 0.758 bits per heavy atom. The molecular formula is C26H19NO6. The van der Waals surface area contributed by atoms with Crippen molar-refractivity contribution in [3.05, 3.63) is 102 Å². The maximum atomic E-state index is 12.8. The monoisotopic (exact) mass is 441 g/mol. The van der Waals surface area contributed by atoms with E-state index in [1.807, 2.05) is 36.4 Å². The van der Waals surface area contributed by atoms with Gasteiger partial charge in [-0.05, 0) is 41.3 Å². The molecule has 0 atom stereocenters. The first-order valence-corrected chi connectivity index (χ1v) is 10.0. The third kappa shape index (κ3) is 4.52. The van der Waals surface area contributed by atoms with Crippen molar-refractivity contribution in [3.63, 3.8) is 0 Å². The number of carboxylic acid groups (broad SMARTS) is 2. The fourth-order valence-electron chi connectivity index (χ4n) is 3.55. The van der Waals surface area contributed by atoms with E-state index < -0.39 is 17.8 Å². The molecule has 0 radical (unpaired) electrons. The number of carbonyl (C=O) groups is 3. The zero-order chi connectivity index (χ0) is 23.4. The molecular weight excluding hydrogens is 422 g/mol. The molecule has 7 nitrogen and oxygen atoms in total. The van der Waals surface area contributed by atoms with Crippen molar-refractivity contribution in [2.45, 2.75) is 6.61 Å². The molecule has 4 aromatic carbocycles. The van der Waals surface area contributed by atoms with Gasteiger partial charge < -0.3 is 14.9 Å². The van der Waals surface area contributed by atoms with Gasteiger partial charge in [0.05, 0.1) is 16.9 Å². The van der Waals surface area contributed by atoms with Gasteiger partial charge in [-0.1, -0.05) is 60.7 Å². The van der Waals surface area contributed by atoms with Crippen molar-refractivity contribution in [1.29, 1.82) is 0 Å². The molecule has 0 saturated heterocycles. The van der Waals surface area contributed by atoms with Crippen molar-refractivity contribution < 1.29 is 29.3 Å². The summed E-state index contributed by atoms with van der Waals surface area (Å²) in [6.07, 6.45) is 0. The molecule has 1 amide bonds. The summed E-state index contributed by atoms with van der Waals surface area (Å²) in [6, 6.07) is 25.7. The quantitative estimate of drug-likeness (QED) is 0.414. The van der Waals surface area contributed by atoms with E-state index in [4.69, 9.17) is 4.74 Å². The number of anilines is 2. The zero-order valence-corrected chi connectivity index (χ0v) is 17.3. The predicted molar refractivity (Wildman–Crippen MR) is 123 cm³/mol. The summed E-state index contributed by atoms with van der Waals surface area (Å²) in [5, 5.41) is 20.4. The Hall–Kier alpha value is -4.65. The normalized spacial score (nSPS) is 10.5. The molecule has 0 spiro atoms. The third-order valence-electron chi connectivity index (χ3n) is 5.08. The second kappa shape index (κ2) is 9.23. The molecule has 164 valence electrons. The fourth-order valence-corrected chi connectivity index (χ4v) is 3.55. The summed E-state index contributed by atoms with van der Waals surface area (Å²) in [5.41, 5.74) is 0.976. The lowest BCUT2D eigenvalue weighted by Crippen LogP contribution is -2.33. The Kier molecular flexibility index (Phi) is 6.04. The van der Waals surface area contributed by atoms with Gasteiger partial charge in [0.25, 0.3) is 0 Å². The molecule has 0 saturated carbocycles. The first-order valence-electron chi connectivity index (χ1n) is 10.0.